The highest BCUT2D eigenvalue weighted by molar-refractivity contribution is 6.02. The molecular formula is C14H22N2O. The van der Waals surface area contributed by atoms with Gasteiger partial charge in [0.1, 0.15) is 0 Å². The molecule has 0 heterocycles. The number of anilines is 1. The molecule has 1 aromatic rings. The van der Waals surface area contributed by atoms with E-state index in [1.165, 1.54) is 0 Å². The normalized spacial score (nSPS) is 11.7. The molecule has 3 nitrogen and oxygen atoms in total. The van der Waals surface area contributed by atoms with E-state index in [1.54, 1.807) is 0 Å². The van der Waals surface area contributed by atoms with Gasteiger partial charge in [-0.05, 0) is 52.2 Å². The first-order chi connectivity index (χ1) is 7.76. The highest BCUT2D eigenvalue weighted by Gasteiger charge is 2.30. The third kappa shape index (κ3) is 2.86. The predicted octanol–water partition coefficient (Wildman–Crippen LogP) is 2.28. The first-order valence-electron chi connectivity index (χ1n) is 5.76. The van der Waals surface area contributed by atoms with Gasteiger partial charge in [-0.1, -0.05) is 0 Å². The number of hydrogen-bond donors (Lipinski definition) is 0. The minimum Gasteiger partial charge on any atom is -0.378 e. The number of Topliss-reactive ketones (excluding diaryl/α,β-unsaturated/α-hetero) is 1. The van der Waals surface area contributed by atoms with Crippen molar-refractivity contribution >= 4 is 11.5 Å². The van der Waals surface area contributed by atoms with Crippen LogP contribution in [0.15, 0.2) is 24.3 Å². The summed E-state index contributed by atoms with van der Waals surface area (Å²) in [5.41, 5.74) is 1.39. The first-order valence-corrected chi connectivity index (χ1v) is 5.76. The van der Waals surface area contributed by atoms with Gasteiger partial charge in [0.05, 0.1) is 5.54 Å². The van der Waals surface area contributed by atoms with Crippen LogP contribution in [0.3, 0.4) is 0 Å². The van der Waals surface area contributed by atoms with Gasteiger partial charge in [-0.15, -0.1) is 0 Å². The van der Waals surface area contributed by atoms with Crippen molar-refractivity contribution < 1.29 is 4.79 Å². The molecule has 17 heavy (non-hydrogen) atoms. The van der Waals surface area contributed by atoms with E-state index in [2.05, 4.69) is 0 Å². The summed E-state index contributed by atoms with van der Waals surface area (Å²) < 4.78 is 0. The van der Waals surface area contributed by atoms with E-state index < -0.39 is 5.54 Å². The van der Waals surface area contributed by atoms with Crippen LogP contribution in [0.5, 0.6) is 0 Å². The average Bonchev–Trinajstić information content (AvgIpc) is 2.27. The second kappa shape index (κ2) is 4.88. The quantitative estimate of drug-likeness (QED) is 0.747. The highest BCUT2D eigenvalue weighted by Crippen LogP contribution is 2.20. The number of ketones is 1. The molecule has 0 aliphatic rings. The van der Waals surface area contributed by atoms with Crippen molar-refractivity contribution in [2.45, 2.75) is 19.4 Å². The third-order valence-electron chi connectivity index (χ3n) is 3.32. The first kappa shape index (κ1) is 13.7. The number of rotatable bonds is 4. The van der Waals surface area contributed by atoms with Gasteiger partial charge in [0.2, 0.25) is 0 Å². The number of likely N-dealkylation sites (N-methyl/N-ethyl adjacent to an activating group) is 1. The summed E-state index contributed by atoms with van der Waals surface area (Å²) in [6.07, 6.45) is 0. The van der Waals surface area contributed by atoms with Gasteiger partial charge in [-0.25, -0.2) is 0 Å². The Kier molecular flexibility index (Phi) is 3.94. The van der Waals surface area contributed by atoms with Gasteiger partial charge in [0.15, 0.2) is 5.78 Å². The zero-order chi connectivity index (χ0) is 13.2. The molecule has 0 saturated heterocycles. The molecule has 0 unspecified atom stereocenters. The maximum Gasteiger partial charge on any atom is 0.182 e. The molecule has 0 aliphatic heterocycles. The molecule has 0 aromatic heterocycles. The monoisotopic (exact) mass is 234 g/mol. The van der Waals surface area contributed by atoms with E-state index in [-0.39, 0.29) is 5.78 Å². The lowest BCUT2D eigenvalue weighted by atomic mass is 9.92. The van der Waals surface area contributed by atoms with E-state index >= 15 is 0 Å². The Morgan fingerprint density at radius 1 is 1.00 bits per heavy atom. The molecular weight excluding hydrogens is 212 g/mol. The summed E-state index contributed by atoms with van der Waals surface area (Å²) in [6, 6.07) is 7.73. The fraction of sp³-hybridized carbons (Fsp3) is 0.500. The molecule has 0 spiro atoms. The fourth-order valence-electron chi connectivity index (χ4n) is 1.47. The van der Waals surface area contributed by atoms with Gasteiger partial charge in [0.25, 0.3) is 0 Å². The molecule has 0 aliphatic carbocycles. The molecule has 1 rings (SSSR count). The lowest BCUT2D eigenvalue weighted by Crippen LogP contribution is -2.45. The Hall–Kier alpha value is -1.35. The Morgan fingerprint density at radius 3 is 1.82 bits per heavy atom. The number of hydrogen-bond acceptors (Lipinski definition) is 3. The summed E-state index contributed by atoms with van der Waals surface area (Å²) >= 11 is 0. The van der Waals surface area contributed by atoms with Gasteiger partial charge in [-0.3, -0.25) is 9.69 Å². The Balaban J connectivity index is 2.98. The van der Waals surface area contributed by atoms with Crippen molar-refractivity contribution in [1.82, 2.24) is 4.90 Å². The molecule has 0 saturated carbocycles. The molecule has 0 radical (unpaired) electrons. The van der Waals surface area contributed by atoms with Crippen LogP contribution in [0.25, 0.3) is 0 Å². The summed E-state index contributed by atoms with van der Waals surface area (Å²) in [5, 5.41) is 0. The molecule has 3 heteroatoms. The maximum absolute atomic E-state index is 12.3. The van der Waals surface area contributed by atoms with Crippen LogP contribution < -0.4 is 4.90 Å². The second-order valence-electron chi connectivity index (χ2n) is 5.22. The van der Waals surface area contributed by atoms with Crippen LogP contribution in [0.2, 0.25) is 0 Å². The predicted molar refractivity (Wildman–Crippen MR) is 72.9 cm³/mol. The van der Waals surface area contributed by atoms with E-state index in [4.69, 9.17) is 0 Å². The zero-order valence-electron chi connectivity index (χ0n) is 11.6. The van der Waals surface area contributed by atoms with E-state index in [1.807, 2.05) is 76.1 Å². The Bertz CT molecular complexity index is 391. The Labute approximate surface area is 104 Å². The Morgan fingerprint density at radius 2 is 1.47 bits per heavy atom. The largest absolute Gasteiger partial charge is 0.378 e. The second-order valence-corrected chi connectivity index (χ2v) is 5.22. The molecule has 0 fully saturated rings. The number of carbonyl (C=O) groups is 1. The van der Waals surface area contributed by atoms with Gasteiger partial charge >= 0.3 is 0 Å². The average molecular weight is 234 g/mol. The van der Waals surface area contributed by atoms with Gasteiger partial charge in [-0.2, -0.15) is 0 Å². The summed E-state index contributed by atoms with van der Waals surface area (Å²) in [6.45, 7) is 3.88. The standard InChI is InChI=1S/C14H22N2O/c1-14(2,16(5)6)13(17)11-7-9-12(10-8-11)15(3)4/h7-10H,1-6H3. The van der Waals surface area contributed by atoms with Crippen LogP contribution in [-0.2, 0) is 0 Å². The van der Waals surface area contributed by atoms with Crippen LogP contribution in [0, 0.1) is 0 Å². The third-order valence-corrected chi connectivity index (χ3v) is 3.32. The van der Waals surface area contributed by atoms with Gasteiger partial charge in [0, 0.05) is 25.3 Å². The molecule has 0 bridgehead atoms. The molecule has 0 atom stereocenters. The highest BCUT2D eigenvalue weighted by atomic mass is 16.1. The molecule has 0 N–H and O–H groups in total. The minimum absolute atomic E-state index is 0.146. The van der Waals surface area contributed by atoms with Crippen molar-refractivity contribution in [3.63, 3.8) is 0 Å². The topological polar surface area (TPSA) is 23.6 Å². The molecule has 94 valence electrons. The molecule has 0 amide bonds. The number of carbonyl (C=O) groups excluding carboxylic acids is 1. The smallest absolute Gasteiger partial charge is 0.182 e. The van der Waals surface area contributed by atoms with E-state index in [0.29, 0.717) is 0 Å². The zero-order valence-corrected chi connectivity index (χ0v) is 11.6. The lowest BCUT2D eigenvalue weighted by molar-refractivity contribution is 0.0755. The fourth-order valence-corrected chi connectivity index (χ4v) is 1.47. The van der Waals surface area contributed by atoms with Gasteiger partial charge < -0.3 is 4.90 Å². The van der Waals surface area contributed by atoms with Crippen LogP contribution in [0.4, 0.5) is 5.69 Å². The number of benzene rings is 1. The van der Waals surface area contributed by atoms with Crippen LogP contribution in [-0.4, -0.2) is 44.4 Å². The van der Waals surface area contributed by atoms with Crippen molar-refractivity contribution in [2.75, 3.05) is 33.1 Å². The van der Waals surface area contributed by atoms with E-state index in [0.717, 1.165) is 11.3 Å². The summed E-state index contributed by atoms with van der Waals surface area (Å²) in [4.78, 5) is 16.3. The van der Waals surface area contributed by atoms with Crippen molar-refractivity contribution in [2.24, 2.45) is 0 Å². The lowest BCUT2D eigenvalue weighted by Gasteiger charge is -2.31. The van der Waals surface area contributed by atoms with E-state index in [9.17, 15) is 4.79 Å². The van der Waals surface area contributed by atoms with Crippen molar-refractivity contribution in [3.8, 4) is 0 Å². The van der Waals surface area contributed by atoms with Crippen molar-refractivity contribution in [3.05, 3.63) is 29.8 Å². The van der Waals surface area contributed by atoms with Crippen molar-refractivity contribution in [1.29, 1.82) is 0 Å². The van der Waals surface area contributed by atoms with Crippen LogP contribution >= 0.6 is 0 Å². The minimum atomic E-state index is -0.473. The number of nitrogens with zero attached hydrogens (tertiary/aromatic N) is 2. The summed E-state index contributed by atoms with van der Waals surface area (Å²) in [5.74, 6) is 0.146. The molecule has 1 aromatic carbocycles. The summed E-state index contributed by atoms with van der Waals surface area (Å²) in [7, 11) is 7.82. The SMILES string of the molecule is CN(C)c1ccc(C(=O)C(C)(C)N(C)C)cc1. The van der Waals surface area contributed by atoms with Crippen LogP contribution in [0.1, 0.15) is 24.2 Å². The maximum atomic E-state index is 12.3.